The first-order valence-electron chi connectivity index (χ1n) is 8.62. The summed E-state index contributed by atoms with van der Waals surface area (Å²) in [5.74, 6) is -0.439. The summed E-state index contributed by atoms with van der Waals surface area (Å²) >= 11 is 6.06. The van der Waals surface area contributed by atoms with Crippen molar-refractivity contribution in [2.45, 2.75) is 18.9 Å². The molecular weight excluding hydrogens is 372 g/mol. The van der Waals surface area contributed by atoms with E-state index < -0.39 is 11.6 Å². The molecule has 1 aliphatic rings. The van der Waals surface area contributed by atoms with Crippen molar-refractivity contribution in [3.8, 4) is 0 Å². The van der Waals surface area contributed by atoms with E-state index in [1.165, 1.54) is 6.33 Å². The van der Waals surface area contributed by atoms with Crippen LogP contribution in [0.5, 0.6) is 0 Å². The average Bonchev–Trinajstić information content (AvgIpc) is 3.28. The first-order chi connectivity index (χ1) is 13.1. The largest absolute Gasteiger partial charge is 0.346 e. The number of fused-ring (bicyclic) bond motifs is 2. The lowest BCUT2D eigenvalue weighted by molar-refractivity contribution is 0.510. The van der Waals surface area contributed by atoms with Gasteiger partial charge in [-0.3, -0.25) is 0 Å². The van der Waals surface area contributed by atoms with Crippen LogP contribution in [0.4, 0.5) is 14.6 Å². The highest BCUT2D eigenvalue weighted by Crippen LogP contribution is 2.37. The minimum absolute atomic E-state index is 0.0395. The zero-order valence-corrected chi connectivity index (χ0v) is 14.8. The maximum atomic E-state index is 13.8. The number of halogens is 3. The van der Waals surface area contributed by atoms with Gasteiger partial charge in [0.25, 0.3) is 0 Å². The predicted octanol–water partition coefficient (Wildman–Crippen LogP) is 4.78. The summed E-state index contributed by atoms with van der Waals surface area (Å²) in [4.78, 5) is 18.5. The van der Waals surface area contributed by atoms with Crippen molar-refractivity contribution < 1.29 is 8.78 Å². The average molecular weight is 386 g/mol. The van der Waals surface area contributed by atoms with Crippen LogP contribution in [0, 0.1) is 11.6 Å². The van der Waals surface area contributed by atoms with E-state index in [1.54, 1.807) is 6.07 Å². The summed E-state index contributed by atoms with van der Waals surface area (Å²) in [5, 5.41) is 1.13. The first-order valence-corrected chi connectivity index (χ1v) is 8.99. The van der Waals surface area contributed by atoms with Crippen LogP contribution in [-0.4, -0.2) is 26.5 Å². The number of imidazole rings is 1. The molecule has 4 aromatic rings. The molecule has 1 fully saturated rings. The summed E-state index contributed by atoms with van der Waals surface area (Å²) in [6, 6.07) is 7.73. The van der Waals surface area contributed by atoms with E-state index in [4.69, 9.17) is 11.6 Å². The van der Waals surface area contributed by atoms with Gasteiger partial charge in [0, 0.05) is 23.0 Å². The smallest absolute Gasteiger partial charge is 0.161 e. The second kappa shape index (κ2) is 6.13. The highest BCUT2D eigenvalue weighted by molar-refractivity contribution is 6.31. The molecule has 0 aliphatic carbocycles. The Bertz CT molecular complexity index is 1180. The van der Waals surface area contributed by atoms with Crippen LogP contribution < -0.4 is 4.90 Å². The number of anilines is 1. The maximum Gasteiger partial charge on any atom is 0.161 e. The van der Waals surface area contributed by atoms with E-state index >= 15 is 0 Å². The molecule has 1 aliphatic heterocycles. The van der Waals surface area contributed by atoms with Crippen LogP contribution in [0.15, 0.2) is 36.7 Å². The molecule has 5 rings (SSSR count). The molecule has 0 spiro atoms. The van der Waals surface area contributed by atoms with Crippen molar-refractivity contribution in [2.75, 3.05) is 11.4 Å². The van der Waals surface area contributed by atoms with Gasteiger partial charge in [0.05, 0.1) is 22.6 Å². The summed E-state index contributed by atoms with van der Waals surface area (Å²) in [6.07, 6.45) is 3.20. The van der Waals surface area contributed by atoms with Crippen LogP contribution in [0.2, 0.25) is 5.02 Å². The van der Waals surface area contributed by atoms with Gasteiger partial charge in [-0.25, -0.2) is 23.7 Å². The molecule has 1 unspecified atom stereocenters. The quantitative estimate of drug-likeness (QED) is 0.539. The van der Waals surface area contributed by atoms with Crippen LogP contribution in [0.1, 0.15) is 24.7 Å². The molecule has 0 amide bonds. The first kappa shape index (κ1) is 16.4. The minimum atomic E-state index is -0.917. The molecule has 1 saturated heterocycles. The third-order valence-corrected chi connectivity index (χ3v) is 5.19. The van der Waals surface area contributed by atoms with Crippen molar-refractivity contribution in [1.82, 2.24) is 19.9 Å². The number of benzene rings is 2. The molecule has 0 radical (unpaired) electrons. The van der Waals surface area contributed by atoms with Gasteiger partial charge in [-0.1, -0.05) is 11.6 Å². The molecule has 3 heterocycles. The number of aromatic amines is 1. The highest BCUT2D eigenvalue weighted by atomic mass is 35.5. The summed E-state index contributed by atoms with van der Waals surface area (Å²) in [7, 11) is 0. The topological polar surface area (TPSA) is 57.7 Å². The highest BCUT2D eigenvalue weighted by Gasteiger charge is 2.31. The molecule has 136 valence electrons. The monoisotopic (exact) mass is 385 g/mol. The van der Waals surface area contributed by atoms with Crippen molar-refractivity contribution in [2.24, 2.45) is 0 Å². The van der Waals surface area contributed by atoms with Crippen LogP contribution >= 0.6 is 11.6 Å². The Kier molecular flexibility index (Phi) is 3.72. The standard InChI is InChI=1S/C19H14ClF2N5/c20-10-3-4-14-16(6-10)26-18(25-14)17-2-1-5-27(17)19-11-7-12(21)13(22)8-15(11)23-9-24-19/h3-4,6-9,17H,1-2,5H2,(H,25,26). The summed E-state index contributed by atoms with van der Waals surface area (Å²) in [5.41, 5.74) is 2.08. The number of hydrogen-bond acceptors (Lipinski definition) is 4. The normalized spacial score (nSPS) is 17.3. The van der Waals surface area contributed by atoms with E-state index in [0.29, 0.717) is 21.7 Å². The van der Waals surface area contributed by atoms with E-state index in [1.807, 2.05) is 12.1 Å². The van der Waals surface area contributed by atoms with Gasteiger partial charge in [0.15, 0.2) is 11.6 Å². The maximum absolute atomic E-state index is 13.8. The lowest BCUT2D eigenvalue weighted by Gasteiger charge is -2.25. The van der Waals surface area contributed by atoms with Gasteiger partial charge >= 0.3 is 0 Å². The van der Waals surface area contributed by atoms with E-state index in [2.05, 4.69) is 24.8 Å². The summed E-state index contributed by atoms with van der Waals surface area (Å²) < 4.78 is 27.4. The zero-order valence-electron chi connectivity index (χ0n) is 14.1. The predicted molar refractivity (Wildman–Crippen MR) is 99.9 cm³/mol. The van der Waals surface area contributed by atoms with Crippen LogP contribution in [0.3, 0.4) is 0 Å². The molecule has 27 heavy (non-hydrogen) atoms. The molecule has 0 bridgehead atoms. The number of rotatable bonds is 2. The second-order valence-corrected chi connectivity index (χ2v) is 7.05. The van der Waals surface area contributed by atoms with Gasteiger partial charge in [-0.15, -0.1) is 0 Å². The van der Waals surface area contributed by atoms with E-state index in [9.17, 15) is 8.78 Å². The number of H-pyrrole nitrogens is 1. The van der Waals surface area contributed by atoms with Crippen molar-refractivity contribution >= 4 is 39.4 Å². The summed E-state index contributed by atoms with van der Waals surface area (Å²) in [6.45, 7) is 0.744. The van der Waals surface area contributed by atoms with Crippen molar-refractivity contribution in [3.05, 3.63) is 59.1 Å². The lowest BCUT2D eigenvalue weighted by atomic mass is 10.2. The van der Waals surface area contributed by atoms with Gasteiger partial charge in [-0.05, 0) is 37.1 Å². The SMILES string of the molecule is Fc1cc2ncnc(N3CCCC3c3nc4ccc(Cl)cc4[nH]3)c2cc1F. The molecule has 1 N–H and O–H groups in total. The molecule has 5 nitrogen and oxygen atoms in total. The fourth-order valence-electron chi connectivity index (χ4n) is 3.73. The van der Waals surface area contributed by atoms with Crippen LogP contribution in [-0.2, 0) is 0 Å². The molecule has 1 atom stereocenters. The Hall–Kier alpha value is -2.80. The van der Waals surface area contributed by atoms with E-state index in [-0.39, 0.29) is 6.04 Å². The van der Waals surface area contributed by atoms with E-state index in [0.717, 1.165) is 48.4 Å². The van der Waals surface area contributed by atoms with Crippen LogP contribution in [0.25, 0.3) is 21.9 Å². The molecule has 8 heteroatoms. The van der Waals surface area contributed by atoms with Crippen molar-refractivity contribution in [1.29, 1.82) is 0 Å². The molecular formula is C19H14ClF2N5. The zero-order chi connectivity index (χ0) is 18.5. The fourth-order valence-corrected chi connectivity index (χ4v) is 3.90. The molecule has 2 aromatic carbocycles. The molecule has 0 saturated carbocycles. The number of nitrogens with zero attached hydrogens (tertiary/aromatic N) is 4. The van der Waals surface area contributed by atoms with Gasteiger partial charge in [-0.2, -0.15) is 0 Å². The van der Waals surface area contributed by atoms with Crippen molar-refractivity contribution in [3.63, 3.8) is 0 Å². The Morgan fingerprint density at radius 2 is 1.93 bits per heavy atom. The fraction of sp³-hybridized carbons (Fsp3) is 0.211. The Morgan fingerprint density at radius 1 is 1.07 bits per heavy atom. The number of hydrogen-bond donors (Lipinski definition) is 1. The number of aromatic nitrogens is 4. The third kappa shape index (κ3) is 2.70. The molecule has 2 aromatic heterocycles. The lowest BCUT2D eigenvalue weighted by Crippen LogP contribution is -2.24. The minimum Gasteiger partial charge on any atom is -0.346 e. The Balaban J connectivity index is 1.62. The Morgan fingerprint density at radius 3 is 2.81 bits per heavy atom. The van der Waals surface area contributed by atoms with Gasteiger partial charge in [0.2, 0.25) is 0 Å². The van der Waals surface area contributed by atoms with Gasteiger partial charge in [0.1, 0.15) is 18.0 Å². The Labute approximate surface area is 158 Å². The number of nitrogens with one attached hydrogen (secondary N) is 1. The third-order valence-electron chi connectivity index (χ3n) is 4.96. The van der Waals surface area contributed by atoms with Gasteiger partial charge < -0.3 is 9.88 Å². The second-order valence-electron chi connectivity index (χ2n) is 6.62.